The molecule has 0 aliphatic carbocycles. The van der Waals surface area contributed by atoms with Gasteiger partial charge in [0.2, 0.25) is 0 Å². The first-order valence-corrected chi connectivity index (χ1v) is 10.9. The van der Waals surface area contributed by atoms with Crippen LogP contribution in [0.4, 0.5) is 5.69 Å². The fourth-order valence-electron chi connectivity index (χ4n) is 3.90. The fraction of sp³-hybridized carbons (Fsp3) is 0.667. The van der Waals surface area contributed by atoms with Crippen molar-refractivity contribution < 1.29 is 13.2 Å². The van der Waals surface area contributed by atoms with Crippen molar-refractivity contribution in [1.29, 1.82) is 0 Å². The van der Waals surface area contributed by atoms with E-state index in [0.717, 1.165) is 25.2 Å². The number of rotatable bonds is 4. The highest BCUT2D eigenvalue weighted by molar-refractivity contribution is 7.91. The standard InChI is InChI=1S/C18H27N3O3S/c1-3-21(16-6-8-25(23,24)13-16)18(22)15-9-17(11-19-10-15)20-7-4-5-14(2)12-20/h9-11,14,16H,3-8,12-13H2,1-2H3. The van der Waals surface area contributed by atoms with E-state index in [1.165, 1.54) is 6.42 Å². The van der Waals surface area contributed by atoms with Crippen molar-refractivity contribution in [3.05, 3.63) is 24.0 Å². The number of hydrogen-bond acceptors (Lipinski definition) is 5. The Labute approximate surface area is 150 Å². The van der Waals surface area contributed by atoms with Gasteiger partial charge in [0.05, 0.1) is 29.0 Å². The third kappa shape index (κ3) is 4.14. The zero-order chi connectivity index (χ0) is 18.0. The van der Waals surface area contributed by atoms with Gasteiger partial charge in [-0.1, -0.05) is 6.92 Å². The van der Waals surface area contributed by atoms with Gasteiger partial charge in [-0.15, -0.1) is 0 Å². The van der Waals surface area contributed by atoms with E-state index in [1.807, 2.05) is 19.2 Å². The lowest BCUT2D eigenvalue weighted by Gasteiger charge is -2.33. The number of carbonyl (C=O) groups excluding carboxylic acids is 1. The summed E-state index contributed by atoms with van der Waals surface area (Å²) in [5.41, 5.74) is 1.52. The highest BCUT2D eigenvalue weighted by Gasteiger charge is 2.34. The summed E-state index contributed by atoms with van der Waals surface area (Å²) in [7, 11) is -3.02. The maximum Gasteiger partial charge on any atom is 0.255 e. The molecule has 2 atom stereocenters. The number of sulfone groups is 1. The fourth-order valence-corrected chi connectivity index (χ4v) is 5.63. The van der Waals surface area contributed by atoms with E-state index < -0.39 is 9.84 Å². The molecule has 0 N–H and O–H groups in total. The van der Waals surface area contributed by atoms with E-state index in [2.05, 4.69) is 16.8 Å². The normalized spacial score (nSPS) is 25.8. The maximum absolute atomic E-state index is 12.9. The van der Waals surface area contributed by atoms with E-state index in [4.69, 9.17) is 0 Å². The van der Waals surface area contributed by atoms with Crippen LogP contribution in [0.2, 0.25) is 0 Å². The molecule has 2 saturated heterocycles. The van der Waals surface area contributed by atoms with Crippen LogP contribution >= 0.6 is 0 Å². The van der Waals surface area contributed by atoms with Gasteiger partial charge in [-0.3, -0.25) is 9.78 Å². The number of piperidine rings is 1. The van der Waals surface area contributed by atoms with Gasteiger partial charge in [-0.2, -0.15) is 0 Å². The molecule has 138 valence electrons. The highest BCUT2D eigenvalue weighted by atomic mass is 32.2. The molecule has 2 unspecified atom stereocenters. The second-order valence-electron chi connectivity index (χ2n) is 7.27. The number of aromatic nitrogens is 1. The first kappa shape index (κ1) is 18.2. The van der Waals surface area contributed by atoms with Gasteiger partial charge in [0.15, 0.2) is 9.84 Å². The zero-order valence-corrected chi connectivity index (χ0v) is 15.8. The Morgan fingerprint density at radius 3 is 2.80 bits per heavy atom. The maximum atomic E-state index is 12.9. The van der Waals surface area contributed by atoms with Gasteiger partial charge >= 0.3 is 0 Å². The molecule has 0 radical (unpaired) electrons. The zero-order valence-electron chi connectivity index (χ0n) is 15.0. The average molecular weight is 365 g/mol. The van der Waals surface area contributed by atoms with Crippen LogP contribution in [-0.2, 0) is 9.84 Å². The summed E-state index contributed by atoms with van der Waals surface area (Å²) in [6, 6.07) is 1.68. The minimum absolute atomic E-state index is 0.0728. The van der Waals surface area contributed by atoms with Gasteiger partial charge in [-0.25, -0.2) is 8.42 Å². The molecule has 0 saturated carbocycles. The summed E-state index contributed by atoms with van der Waals surface area (Å²) in [5, 5.41) is 0. The van der Waals surface area contributed by atoms with Crippen molar-refractivity contribution in [3.63, 3.8) is 0 Å². The molecule has 0 spiro atoms. The van der Waals surface area contributed by atoms with Crippen LogP contribution in [-0.4, -0.2) is 61.4 Å². The molecule has 0 aromatic carbocycles. The van der Waals surface area contributed by atoms with Crippen LogP contribution in [0.5, 0.6) is 0 Å². The second-order valence-corrected chi connectivity index (χ2v) is 9.50. The summed E-state index contributed by atoms with van der Waals surface area (Å²) in [6.45, 7) is 6.62. The summed E-state index contributed by atoms with van der Waals surface area (Å²) in [4.78, 5) is 21.2. The summed E-state index contributed by atoms with van der Waals surface area (Å²) < 4.78 is 23.5. The number of carbonyl (C=O) groups is 1. The molecule has 1 aromatic heterocycles. The number of pyridine rings is 1. The number of nitrogens with zero attached hydrogens (tertiary/aromatic N) is 3. The molecule has 1 amide bonds. The minimum atomic E-state index is -3.02. The SMILES string of the molecule is CCN(C(=O)c1cncc(N2CCCC(C)C2)c1)C1CCS(=O)(=O)C1. The van der Waals surface area contributed by atoms with E-state index >= 15 is 0 Å². The summed E-state index contributed by atoms with van der Waals surface area (Å²) in [6.07, 6.45) is 6.32. The molecule has 3 heterocycles. The molecule has 6 nitrogen and oxygen atoms in total. The van der Waals surface area contributed by atoms with Gasteiger partial charge in [0.25, 0.3) is 5.91 Å². The molecule has 3 rings (SSSR count). The van der Waals surface area contributed by atoms with Crippen molar-refractivity contribution in [2.75, 3.05) is 36.0 Å². The molecule has 7 heteroatoms. The third-order valence-electron chi connectivity index (χ3n) is 5.24. The summed E-state index contributed by atoms with van der Waals surface area (Å²) >= 11 is 0. The Kier molecular flexibility index (Phi) is 5.32. The molecule has 1 aromatic rings. The Morgan fingerprint density at radius 1 is 1.36 bits per heavy atom. The third-order valence-corrected chi connectivity index (χ3v) is 6.99. The molecule has 2 fully saturated rings. The van der Waals surface area contributed by atoms with Crippen LogP contribution in [0.25, 0.3) is 0 Å². The predicted octanol–water partition coefficient (Wildman–Crippen LogP) is 1.97. The molecular weight excluding hydrogens is 338 g/mol. The average Bonchev–Trinajstić information content (AvgIpc) is 2.95. The lowest BCUT2D eigenvalue weighted by Crippen LogP contribution is -2.41. The Morgan fingerprint density at radius 2 is 2.16 bits per heavy atom. The molecule has 25 heavy (non-hydrogen) atoms. The summed E-state index contributed by atoms with van der Waals surface area (Å²) in [5.74, 6) is 0.766. The first-order chi connectivity index (χ1) is 11.9. The minimum Gasteiger partial charge on any atom is -0.370 e. The number of anilines is 1. The van der Waals surface area contributed by atoms with Gasteiger partial charge in [-0.05, 0) is 38.2 Å². The van der Waals surface area contributed by atoms with Gasteiger partial charge in [0, 0.05) is 31.9 Å². The van der Waals surface area contributed by atoms with E-state index in [1.54, 1.807) is 11.1 Å². The van der Waals surface area contributed by atoms with E-state index in [-0.39, 0.29) is 23.5 Å². The number of amides is 1. The molecule has 2 aliphatic rings. The van der Waals surface area contributed by atoms with Crippen molar-refractivity contribution in [3.8, 4) is 0 Å². The smallest absolute Gasteiger partial charge is 0.255 e. The highest BCUT2D eigenvalue weighted by Crippen LogP contribution is 2.24. The van der Waals surface area contributed by atoms with Crippen LogP contribution in [0, 0.1) is 5.92 Å². The molecule has 0 bridgehead atoms. The topological polar surface area (TPSA) is 70.6 Å². The van der Waals surface area contributed by atoms with Crippen molar-refractivity contribution in [1.82, 2.24) is 9.88 Å². The van der Waals surface area contributed by atoms with E-state index in [9.17, 15) is 13.2 Å². The van der Waals surface area contributed by atoms with Crippen LogP contribution in [0.3, 0.4) is 0 Å². The lowest BCUT2D eigenvalue weighted by molar-refractivity contribution is 0.0708. The Balaban J connectivity index is 1.78. The Hall–Kier alpha value is -1.63. The van der Waals surface area contributed by atoms with Crippen molar-refractivity contribution in [2.45, 2.75) is 39.2 Å². The lowest BCUT2D eigenvalue weighted by atomic mass is 10.00. The molecule has 2 aliphatic heterocycles. The predicted molar refractivity (Wildman–Crippen MR) is 98.6 cm³/mol. The van der Waals surface area contributed by atoms with Crippen molar-refractivity contribution in [2.24, 2.45) is 5.92 Å². The van der Waals surface area contributed by atoms with Crippen LogP contribution in [0.15, 0.2) is 18.5 Å². The second kappa shape index (κ2) is 7.32. The van der Waals surface area contributed by atoms with Crippen molar-refractivity contribution >= 4 is 21.4 Å². The quantitative estimate of drug-likeness (QED) is 0.816. The molecular formula is C18H27N3O3S. The number of hydrogen-bond donors (Lipinski definition) is 0. The van der Waals surface area contributed by atoms with Gasteiger partial charge in [0.1, 0.15) is 0 Å². The van der Waals surface area contributed by atoms with Crippen LogP contribution < -0.4 is 4.90 Å². The monoisotopic (exact) mass is 365 g/mol. The van der Waals surface area contributed by atoms with Crippen LogP contribution in [0.1, 0.15) is 43.5 Å². The van der Waals surface area contributed by atoms with Gasteiger partial charge < -0.3 is 9.80 Å². The van der Waals surface area contributed by atoms with E-state index in [0.29, 0.717) is 24.4 Å². The Bertz CT molecular complexity index is 735. The largest absolute Gasteiger partial charge is 0.370 e. The first-order valence-electron chi connectivity index (χ1n) is 9.11.